The molecule has 0 aromatic carbocycles. The van der Waals surface area contributed by atoms with E-state index in [0.717, 1.165) is 12.0 Å². The number of aromatic nitrogens is 1. The van der Waals surface area contributed by atoms with Crippen LogP contribution in [0.5, 0.6) is 0 Å². The molecule has 2 N–H and O–H groups in total. The summed E-state index contributed by atoms with van der Waals surface area (Å²) in [7, 11) is 1.29. The molecule has 0 unspecified atom stereocenters. The van der Waals surface area contributed by atoms with Gasteiger partial charge in [0.1, 0.15) is 17.6 Å². The summed E-state index contributed by atoms with van der Waals surface area (Å²) in [5.41, 5.74) is 8.38. The molecule has 1 aliphatic rings. The molecule has 1 atom stereocenters. The van der Waals surface area contributed by atoms with Gasteiger partial charge >= 0.3 is 5.97 Å². The van der Waals surface area contributed by atoms with E-state index < -0.39 is 5.97 Å². The maximum Gasteiger partial charge on any atom is 0.373 e. The lowest BCUT2D eigenvalue weighted by atomic mass is 9.93. The van der Waals surface area contributed by atoms with Gasteiger partial charge in [0, 0.05) is 24.2 Å². The van der Waals surface area contributed by atoms with Crippen LogP contribution in [0.3, 0.4) is 0 Å². The molecular weight excluding hydrogens is 310 g/mol. The number of esters is 1. The summed E-state index contributed by atoms with van der Waals surface area (Å²) in [4.78, 5) is 15.9. The molecular formula is C17H17N3O4. The van der Waals surface area contributed by atoms with E-state index in [9.17, 15) is 10.1 Å². The van der Waals surface area contributed by atoms with Gasteiger partial charge in [0.05, 0.1) is 25.0 Å². The maximum absolute atomic E-state index is 11.6. The highest BCUT2D eigenvalue weighted by Crippen LogP contribution is 2.34. The number of pyridine rings is 1. The number of hydrogen-bond acceptors (Lipinski definition) is 7. The first-order chi connectivity index (χ1) is 11.5. The van der Waals surface area contributed by atoms with Crippen molar-refractivity contribution in [2.24, 2.45) is 0 Å². The van der Waals surface area contributed by atoms with Gasteiger partial charge in [0.2, 0.25) is 5.76 Å². The Hall–Kier alpha value is -2.85. The molecule has 1 aliphatic heterocycles. The highest BCUT2D eigenvalue weighted by Gasteiger charge is 2.25. The molecule has 2 aromatic heterocycles. The van der Waals surface area contributed by atoms with Crippen LogP contribution in [0.25, 0.3) is 11.3 Å². The van der Waals surface area contributed by atoms with Crippen molar-refractivity contribution in [2.45, 2.75) is 19.3 Å². The highest BCUT2D eigenvalue weighted by molar-refractivity contribution is 5.88. The Morgan fingerprint density at radius 1 is 1.50 bits per heavy atom. The Labute approximate surface area is 139 Å². The normalized spacial score (nSPS) is 16.8. The number of ether oxygens (including phenoxy) is 2. The van der Waals surface area contributed by atoms with Gasteiger partial charge < -0.3 is 19.6 Å². The summed E-state index contributed by atoms with van der Waals surface area (Å²) >= 11 is 0. The number of nitrogens with two attached hydrogens (primary N) is 1. The molecule has 0 spiro atoms. The van der Waals surface area contributed by atoms with Crippen LogP contribution in [0.1, 0.15) is 39.8 Å². The van der Waals surface area contributed by atoms with Crippen LogP contribution in [0, 0.1) is 18.3 Å². The number of nitrogen functional groups attached to an aromatic ring is 1. The molecule has 0 bridgehead atoms. The van der Waals surface area contributed by atoms with Crippen LogP contribution in [0.15, 0.2) is 16.5 Å². The van der Waals surface area contributed by atoms with Crippen molar-refractivity contribution in [1.82, 2.24) is 4.98 Å². The second-order valence-electron chi connectivity index (χ2n) is 5.60. The lowest BCUT2D eigenvalue weighted by molar-refractivity contribution is 0.0563. The number of furan rings is 1. The Morgan fingerprint density at radius 2 is 2.29 bits per heavy atom. The summed E-state index contributed by atoms with van der Waals surface area (Å²) in [5.74, 6) is 0.338. The van der Waals surface area contributed by atoms with Gasteiger partial charge in [-0.25, -0.2) is 9.78 Å². The molecule has 1 fully saturated rings. The third kappa shape index (κ3) is 2.72. The summed E-state index contributed by atoms with van der Waals surface area (Å²) in [6.45, 7) is 2.94. The van der Waals surface area contributed by atoms with E-state index in [0.29, 0.717) is 35.8 Å². The summed E-state index contributed by atoms with van der Waals surface area (Å²) < 4.78 is 15.5. The second-order valence-corrected chi connectivity index (χ2v) is 5.60. The first-order valence-corrected chi connectivity index (χ1v) is 7.52. The van der Waals surface area contributed by atoms with Crippen LogP contribution < -0.4 is 5.73 Å². The van der Waals surface area contributed by atoms with Crippen molar-refractivity contribution in [3.05, 3.63) is 34.8 Å². The molecule has 7 heteroatoms. The largest absolute Gasteiger partial charge is 0.463 e. The van der Waals surface area contributed by atoms with Gasteiger partial charge in [-0.2, -0.15) is 5.26 Å². The van der Waals surface area contributed by atoms with E-state index in [2.05, 4.69) is 15.8 Å². The van der Waals surface area contributed by atoms with Gasteiger partial charge in [-0.1, -0.05) is 0 Å². The number of nitrogens with zero attached hydrogens (tertiary/aromatic N) is 2. The van der Waals surface area contributed by atoms with Crippen LogP contribution >= 0.6 is 0 Å². The molecule has 7 nitrogen and oxygen atoms in total. The first kappa shape index (κ1) is 16.0. The fraction of sp³-hybridized carbons (Fsp3) is 0.353. The minimum Gasteiger partial charge on any atom is -0.463 e. The topological polar surface area (TPSA) is 111 Å². The lowest BCUT2D eigenvalue weighted by Crippen LogP contribution is -2.07. The van der Waals surface area contributed by atoms with Crippen molar-refractivity contribution in [2.75, 3.05) is 26.1 Å². The molecule has 0 amide bonds. The number of carbonyl (C=O) groups excluding carboxylic acids is 1. The third-order valence-electron chi connectivity index (χ3n) is 4.14. The Morgan fingerprint density at radius 3 is 2.92 bits per heavy atom. The maximum atomic E-state index is 11.6. The molecule has 1 saturated heterocycles. The predicted molar refractivity (Wildman–Crippen MR) is 85.3 cm³/mol. The van der Waals surface area contributed by atoms with Crippen molar-refractivity contribution in [3.63, 3.8) is 0 Å². The molecule has 3 heterocycles. The minimum atomic E-state index is -0.560. The van der Waals surface area contributed by atoms with Crippen LogP contribution in [-0.4, -0.2) is 31.3 Å². The lowest BCUT2D eigenvalue weighted by Gasteiger charge is -2.13. The van der Waals surface area contributed by atoms with Gasteiger partial charge in [0.25, 0.3) is 0 Å². The van der Waals surface area contributed by atoms with Gasteiger partial charge in [-0.3, -0.25) is 0 Å². The zero-order valence-corrected chi connectivity index (χ0v) is 13.5. The number of carbonyl (C=O) groups is 1. The number of nitriles is 1. The first-order valence-electron chi connectivity index (χ1n) is 7.52. The van der Waals surface area contributed by atoms with Crippen LogP contribution in [0.4, 0.5) is 5.82 Å². The van der Waals surface area contributed by atoms with Crippen molar-refractivity contribution in [1.29, 1.82) is 5.26 Å². The molecule has 3 rings (SSSR count). The number of anilines is 1. The van der Waals surface area contributed by atoms with Gasteiger partial charge in [-0.15, -0.1) is 0 Å². The quantitative estimate of drug-likeness (QED) is 0.861. The molecule has 0 radical (unpaired) electrons. The SMILES string of the molecule is COC(=O)c1cc(-c2cc([C@@H]3CCOC3)c(C#N)c(N)n2)c(C)o1. The fourth-order valence-corrected chi connectivity index (χ4v) is 2.88. The average Bonchev–Trinajstić information content (AvgIpc) is 3.23. The third-order valence-corrected chi connectivity index (χ3v) is 4.14. The van der Waals surface area contributed by atoms with Gasteiger partial charge in [0.15, 0.2) is 0 Å². The molecule has 0 aliphatic carbocycles. The van der Waals surface area contributed by atoms with Crippen molar-refractivity contribution < 1.29 is 18.7 Å². The smallest absolute Gasteiger partial charge is 0.373 e. The fourth-order valence-electron chi connectivity index (χ4n) is 2.88. The zero-order valence-electron chi connectivity index (χ0n) is 13.5. The minimum absolute atomic E-state index is 0.0977. The van der Waals surface area contributed by atoms with Crippen molar-refractivity contribution >= 4 is 11.8 Å². The summed E-state index contributed by atoms with van der Waals surface area (Å²) in [5, 5.41) is 9.39. The predicted octanol–water partition coefficient (Wildman–Crippen LogP) is 2.39. The Bertz CT molecular complexity index is 829. The van der Waals surface area contributed by atoms with E-state index >= 15 is 0 Å². The highest BCUT2D eigenvalue weighted by atomic mass is 16.5. The standard InChI is InChI=1S/C17H17N3O4/c1-9-11(6-15(24-9)17(21)22-2)14-5-12(10-3-4-23-8-10)13(7-18)16(19)20-14/h5-6,10H,3-4,8H2,1-2H3,(H2,19,20)/t10-/m1/s1. The molecule has 24 heavy (non-hydrogen) atoms. The van der Waals surface area contributed by atoms with E-state index in [1.54, 1.807) is 13.0 Å². The van der Waals surface area contributed by atoms with Gasteiger partial charge in [-0.05, 0) is 25.0 Å². The van der Waals surface area contributed by atoms with E-state index in [1.165, 1.54) is 7.11 Å². The number of aryl methyl sites for hydroxylation is 1. The monoisotopic (exact) mass is 327 g/mol. The number of methoxy groups -OCH3 is 1. The van der Waals surface area contributed by atoms with E-state index in [4.69, 9.17) is 14.9 Å². The average molecular weight is 327 g/mol. The van der Waals surface area contributed by atoms with Crippen molar-refractivity contribution in [3.8, 4) is 17.3 Å². The van der Waals surface area contributed by atoms with Crippen LogP contribution in [-0.2, 0) is 9.47 Å². The molecule has 124 valence electrons. The zero-order chi connectivity index (χ0) is 17.3. The summed E-state index contributed by atoms with van der Waals surface area (Å²) in [6, 6.07) is 5.53. The molecule has 0 saturated carbocycles. The van der Waals surface area contributed by atoms with E-state index in [1.807, 2.05) is 6.07 Å². The Kier molecular flexibility index (Phi) is 4.23. The Balaban J connectivity index is 2.11. The number of rotatable bonds is 3. The number of hydrogen-bond donors (Lipinski definition) is 1. The molecule has 2 aromatic rings. The second kappa shape index (κ2) is 6.34. The van der Waals surface area contributed by atoms with Crippen LogP contribution in [0.2, 0.25) is 0 Å². The summed E-state index contributed by atoms with van der Waals surface area (Å²) in [6.07, 6.45) is 0.829. The van der Waals surface area contributed by atoms with E-state index in [-0.39, 0.29) is 17.5 Å².